The fraction of sp³-hybridized carbons (Fsp3) is 0.417. The van der Waals surface area contributed by atoms with E-state index in [9.17, 15) is 4.79 Å². The van der Waals surface area contributed by atoms with E-state index in [2.05, 4.69) is 0 Å². The minimum absolute atomic E-state index is 0.0819. The molecule has 1 saturated heterocycles. The number of hydrogen-bond acceptors (Lipinski definition) is 2. The summed E-state index contributed by atoms with van der Waals surface area (Å²) in [6.07, 6.45) is 0. The number of rotatable bonds is 3. The van der Waals surface area contributed by atoms with Gasteiger partial charge in [0.1, 0.15) is 6.61 Å². The van der Waals surface area contributed by atoms with Gasteiger partial charge in [-0.15, -0.1) is 0 Å². The topological polar surface area (TPSA) is 29.5 Å². The summed E-state index contributed by atoms with van der Waals surface area (Å²) in [4.78, 5) is 16.8. The third-order valence-corrected chi connectivity index (χ3v) is 2.91. The lowest BCUT2D eigenvalue weighted by atomic mass is 9.94. The van der Waals surface area contributed by atoms with Crippen LogP contribution in [0.5, 0.6) is 0 Å². The molecule has 1 aliphatic rings. The van der Waals surface area contributed by atoms with E-state index in [4.69, 9.17) is 4.84 Å². The van der Waals surface area contributed by atoms with Crippen LogP contribution in [0.4, 0.5) is 0 Å². The number of hydrogen-bond donors (Lipinski definition) is 0. The molecule has 1 aliphatic heterocycles. The van der Waals surface area contributed by atoms with Crippen molar-refractivity contribution in [2.45, 2.75) is 26.5 Å². The molecule has 1 amide bonds. The molecular weight excluding hydrogens is 190 g/mol. The number of β-lactam (4-membered cyclic amide) rings is 1. The highest BCUT2D eigenvalue weighted by atomic mass is 16.7. The van der Waals surface area contributed by atoms with E-state index >= 15 is 0 Å². The van der Waals surface area contributed by atoms with Gasteiger partial charge in [0.15, 0.2) is 0 Å². The molecule has 0 N–H and O–H groups in total. The van der Waals surface area contributed by atoms with Crippen molar-refractivity contribution >= 4 is 5.91 Å². The van der Waals surface area contributed by atoms with Crippen molar-refractivity contribution in [2.24, 2.45) is 5.92 Å². The molecule has 2 rings (SSSR count). The predicted octanol–water partition coefficient (Wildman–Crippen LogP) is 1.99. The van der Waals surface area contributed by atoms with Gasteiger partial charge in [-0.05, 0) is 12.5 Å². The molecule has 0 unspecified atom stereocenters. The number of benzene rings is 1. The van der Waals surface area contributed by atoms with Gasteiger partial charge in [-0.2, -0.15) is 0 Å². The molecule has 0 bridgehead atoms. The molecule has 0 aromatic heterocycles. The van der Waals surface area contributed by atoms with Gasteiger partial charge in [0.2, 0.25) is 0 Å². The molecule has 0 aliphatic carbocycles. The first-order chi connectivity index (χ1) is 7.20. The van der Waals surface area contributed by atoms with E-state index in [-0.39, 0.29) is 17.9 Å². The highest BCUT2D eigenvalue weighted by Crippen LogP contribution is 2.26. The molecule has 0 spiro atoms. The standard InChI is InChI=1S/C12H15NO2/c1-9-10(2)13(12(9)14)15-8-11-6-4-3-5-7-11/h3-7,9-10H,8H2,1-2H3/t9-,10-/m0/s1. The summed E-state index contributed by atoms with van der Waals surface area (Å²) in [5.74, 6) is 0.180. The van der Waals surface area contributed by atoms with E-state index in [1.54, 1.807) is 0 Å². The maximum absolute atomic E-state index is 11.4. The van der Waals surface area contributed by atoms with Gasteiger partial charge in [0, 0.05) is 0 Å². The van der Waals surface area contributed by atoms with E-state index < -0.39 is 0 Å². The number of carbonyl (C=O) groups is 1. The highest BCUT2D eigenvalue weighted by molar-refractivity contribution is 5.84. The lowest BCUT2D eigenvalue weighted by Crippen LogP contribution is -2.57. The van der Waals surface area contributed by atoms with E-state index in [0.717, 1.165) is 5.56 Å². The summed E-state index contributed by atoms with van der Waals surface area (Å²) >= 11 is 0. The zero-order valence-corrected chi connectivity index (χ0v) is 9.01. The van der Waals surface area contributed by atoms with Crippen LogP contribution in [0.15, 0.2) is 30.3 Å². The summed E-state index contributed by atoms with van der Waals surface area (Å²) in [5.41, 5.74) is 1.08. The Hall–Kier alpha value is -1.35. The lowest BCUT2D eigenvalue weighted by Gasteiger charge is -2.42. The Labute approximate surface area is 89.6 Å². The van der Waals surface area contributed by atoms with Gasteiger partial charge in [-0.3, -0.25) is 9.63 Å². The van der Waals surface area contributed by atoms with Crippen LogP contribution in [0.3, 0.4) is 0 Å². The van der Waals surface area contributed by atoms with Crippen LogP contribution in [-0.4, -0.2) is 17.0 Å². The average molecular weight is 205 g/mol. The van der Waals surface area contributed by atoms with Crippen LogP contribution in [0, 0.1) is 5.92 Å². The van der Waals surface area contributed by atoms with Crippen LogP contribution in [-0.2, 0) is 16.2 Å². The molecule has 3 nitrogen and oxygen atoms in total. The first-order valence-electron chi connectivity index (χ1n) is 5.20. The normalized spacial score (nSPS) is 25.2. The molecule has 1 aromatic carbocycles. The third kappa shape index (κ3) is 1.88. The molecule has 2 atom stereocenters. The van der Waals surface area contributed by atoms with Crippen molar-refractivity contribution in [2.75, 3.05) is 0 Å². The Morgan fingerprint density at radius 2 is 1.93 bits per heavy atom. The zero-order valence-electron chi connectivity index (χ0n) is 9.01. The largest absolute Gasteiger partial charge is 0.272 e. The predicted molar refractivity (Wildman–Crippen MR) is 56.7 cm³/mol. The van der Waals surface area contributed by atoms with Crippen LogP contribution < -0.4 is 0 Å². The summed E-state index contributed by atoms with van der Waals surface area (Å²) in [6.45, 7) is 4.38. The van der Waals surface area contributed by atoms with Crippen LogP contribution in [0.25, 0.3) is 0 Å². The van der Waals surface area contributed by atoms with Crippen molar-refractivity contribution in [3.05, 3.63) is 35.9 Å². The molecule has 3 heteroatoms. The van der Waals surface area contributed by atoms with E-state index in [1.807, 2.05) is 44.2 Å². The zero-order chi connectivity index (χ0) is 10.8. The van der Waals surface area contributed by atoms with Crippen LogP contribution in [0.2, 0.25) is 0 Å². The fourth-order valence-corrected chi connectivity index (χ4v) is 1.63. The summed E-state index contributed by atoms with van der Waals surface area (Å²) in [7, 11) is 0. The fourth-order valence-electron chi connectivity index (χ4n) is 1.63. The van der Waals surface area contributed by atoms with Crippen molar-refractivity contribution in [1.82, 2.24) is 5.06 Å². The second-order valence-electron chi connectivity index (χ2n) is 3.95. The Morgan fingerprint density at radius 1 is 1.27 bits per heavy atom. The Bertz CT molecular complexity index is 350. The molecule has 0 radical (unpaired) electrons. The van der Waals surface area contributed by atoms with Crippen molar-refractivity contribution in [1.29, 1.82) is 0 Å². The first kappa shape index (κ1) is 10.2. The maximum Gasteiger partial charge on any atom is 0.251 e. The Balaban J connectivity index is 1.87. The summed E-state index contributed by atoms with van der Waals surface area (Å²) in [6, 6.07) is 10.0. The first-order valence-corrected chi connectivity index (χ1v) is 5.20. The monoisotopic (exact) mass is 205 g/mol. The Kier molecular flexibility index (Phi) is 2.73. The van der Waals surface area contributed by atoms with Crippen molar-refractivity contribution in [3.8, 4) is 0 Å². The number of carbonyl (C=O) groups excluding carboxylic acids is 1. The number of amides is 1. The minimum Gasteiger partial charge on any atom is -0.272 e. The second-order valence-corrected chi connectivity index (χ2v) is 3.95. The molecule has 1 heterocycles. The Morgan fingerprint density at radius 3 is 2.53 bits per heavy atom. The van der Waals surface area contributed by atoms with Gasteiger partial charge >= 0.3 is 0 Å². The van der Waals surface area contributed by atoms with Gasteiger partial charge < -0.3 is 0 Å². The molecule has 15 heavy (non-hydrogen) atoms. The lowest BCUT2D eigenvalue weighted by molar-refractivity contribution is -0.243. The quantitative estimate of drug-likeness (QED) is 0.706. The highest BCUT2D eigenvalue weighted by Gasteiger charge is 2.42. The maximum atomic E-state index is 11.4. The van der Waals surface area contributed by atoms with Gasteiger partial charge in [-0.1, -0.05) is 37.3 Å². The van der Waals surface area contributed by atoms with E-state index in [1.165, 1.54) is 5.06 Å². The van der Waals surface area contributed by atoms with Gasteiger partial charge in [0.05, 0.1) is 12.0 Å². The summed E-state index contributed by atoms with van der Waals surface area (Å²) in [5, 5.41) is 1.47. The SMILES string of the molecule is C[C@@H]1C(=O)N(OCc2ccccc2)[C@H]1C. The van der Waals surface area contributed by atoms with Crippen LogP contribution >= 0.6 is 0 Å². The van der Waals surface area contributed by atoms with E-state index in [0.29, 0.717) is 6.61 Å². The smallest absolute Gasteiger partial charge is 0.251 e. The number of hydroxylamine groups is 2. The molecular formula is C12H15NO2. The molecule has 1 fully saturated rings. The third-order valence-electron chi connectivity index (χ3n) is 2.91. The summed E-state index contributed by atoms with van der Waals surface area (Å²) < 4.78 is 0. The van der Waals surface area contributed by atoms with Crippen LogP contribution in [0.1, 0.15) is 19.4 Å². The van der Waals surface area contributed by atoms with Crippen molar-refractivity contribution < 1.29 is 9.63 Å². The number of nitrogens with zero attached hydrogens (tertiary/aromatic N) is 1. The second kappa shape index (κ2) is 4.03. The van der Waals surface area contributed by atoms with Gasteiger partial charge in [-0.25, -0.2) is 5.06 Å². The minimum atomic E-state index is 0.0819. The molecule has 80 valence electrons. The average Bonchev–Trinajstić information content (AvgIpc) is 2.30. The van der Waals surface area contributed by atoms with Gasteiger partial charge in [0.25, 0.3) is 5.91 Å². The molecule has 1 aromatic rings. The molecule has 0 saturated carbocycles. The van der Waals surface area contributed by atoms with Crippen molar-refractivity contribution in [3.63, 3.8) is 0 Å².